The first kappa shape index (κ1) is 61.5. The van der Waals surface area contributed by atoms with Crippen LogP contribution in [0.3, 0.4) is 0 Å². The Labute approximate surface area is 401 Å². The number of benzene rings is 3. The van der Waals surface area contributed by atoms with Crippen LogP contribution in [0, 0.1) is 87.3 Å². The lowest BCUT2D eigenvalue weighted by Gasteiger charge is -2.34. The van der Waals surface area contributed by atoms with Gasteiger partial charge in [-0.25, -0.2) is 39.5 Å². The number of nitrogens with one attached hydrogen (secondary N) is 1. The van der Waals surface area contributed by atoms with Crippen molar-refractivity contribution in [3.63, 3.8) is 0 Å². The van der Waals surface area contributed by atoms with E-state index in [0.29, 0.717) is 19.8 Å². The Morgan fingerprint density at radius 3 is 0.836 bits per heavy atom. The maximum atomic E-state index is 14.1. The number of nitrogens with two attached hydrogens (primary N) is 1. The number of hydrogen-bond donors (Lipinski definition) is 2. The number of ether oxygens (including phenoxy) is 10. The van der Waals surface area contributed by atoms with Gasteiger partial charge >= 0.3 is 17.9 Å². The van der Waals surface area contributed by atoms with Crippen molar-refractivity contribution in [2.45, 2.75) is 31.2 Å². The van der Waals surface area contributed by atoms with Gasteiger partial charge in [0.05, 0.1) is 112 Å². The molecular weight excluding hydrogens is 1040 g/mol. The number of halogens is 15. The predicted octanol–water partition coefficient (Wildman–Crippen LogP) is 5.38. The monoisotopic (exact) mass is 1080 g/mol. The molecule has 0 spiro atoms. The third-order valence-electron chi connectivity index (χ3n) is 8.90. The van der Waals surface area contributed by atoms with Crippen LogP contribution in [-0.2, 0) is 52.3 Å². The number of carbonyl (C=O) groups excluding carboxylic acids is 4. The molecule has 0 aliphatic carbocycles. The second-order valence-electron chi connectivity index (χ2n) is 14.3. The zero-order valence-electron chi connectivity index (χ0n) is 37.4. The molecule has 0 unspecified atom stereocenters. The summed E-state index contributed by atoms with van der Waals surface area (Å²) in [7, 11) is 0. The minimum atomic E-state index is -2.57. The van der Waals surface area contributed by atoms with E-state index in [4.69, 9.17) is 38.9 Å². The van der Waals surface area contributed by atoms with Gasteiger partial charge < -0.3 is 58.4 Å². The quantitative estimate of drug-likeness (QED) is 0.0197. The fourth-order valence-electron chi connectivity index (χ4n) is 5.39. The number of carbonyl (C=O) groups is 4. The number of esters is 3. The Balaban J connectivity index is 1.77. The zero-order valence-corrected chi connectivity index (χ0v) is 37.4. The third-order valence-corrected chi connectivity index (χ3v) is 8.90. The standard InChI is InChI=1S/C42H41F15N2O14/c43-24-27(46)33(52)39(34(53)28(24)47)71-21(61)2-7-68-17-42(59-20(60)1-6-64-11-13-66-15-16-67-14-12-65-10-5-58,18-69-8-3-22(62)72-40-35(54)29(48)25(44)30(49)36(40)55)19-70-9-4-23(63)73-41-37(56)31(50)26(45)32(51)38(41)57/h1-19,58H2,(H,59,60). The largest absolute Gasteiger partial charge is 0.420 e. The second-order valence-corrected chi connectivity index (χ2v) is 14.3. The summed E-state index contributed by atoms with van der Waals surface area (Å²) in [4.78, 5) is 50.5. The van der Waals surface area contributed by atoms with Crippen molar-refractivity contribution in [3.8, 4) is 17.2 Å². The highest BCUT2D eigenvalue weighted by molar-refractivity contribution is 5.77. The molecule has 3 rings (SSSR count). The highest BCUT2D eigenvalue weighted by Gasteiger charge is 2.36. The smallest absolute Gasteiger partial charge is 0.313 e. The molecule has 0 aliphatic rings. The molecular formula is C42H41F15N2O14. The van der Waals surface area contributed by atoms with Crippen LogP contribution in [0.4, 0.5) is 65.9 Å². The maximum absolute atomic E-state index is 14.1. The summed E-state index contributed by atoms with van der Waals surface area (Å²) in [5, 5.41) is 2.39. The summed E-state index contributed by atoms with van der Waals surface area (Å²) in [5.74, 6) is -49.5. The Kier molecular flexibility index (Phi) is 25.6. The van der Waals surface area contributed by atoms with Gasteiger partial charge in [0.25, 0.3) is 0 Å². The summed E-state index contributed by atoms with van der Waals surface area (Å²) in [5.41, 5.74) is 3.16. The fourth-order valence-corrected chi connectivity index (χ4v) is 5.39. The van der Waals surface area contributed by atoms with Gasteiger partial charge in [-0.1, -0.05) is 0 Å². The molecule has 31 heteroatoms. The normalized spacial score (nSPS) is 11.6. The molecule has 73 heavy (non-hydrogen) atoms. The van der Waals surface area contributed by atoms with Gasteiger partial charge in [0.15, 0.2) is 0 Å². The minimum Gasteiger partial charge on any atom is -0.420 e. The van der Waals surface area contributed by atoms with Gasteiger partial charge in [-0.3, -0.25) is 19.2 Å². The Morgan fingerprint density at radius 2 is 0.562 bits per heavy atom. The molecule has 3 aromatic rings. The van der Waals surface area contributed by atoms with Crippen molar-refractivity contribution in [3.05, 3.63) is 87.3 Å². The van der Waals surface area contributed by atoms with Crippen LogP contribution >= 0.6 is 0 Å². The number of amides is 1. The van der Waals surface area contributed by atoms with Crippen LogP contribution in [-0.4, -0.2) is 128 Å². The topological polar surface area (TPSA) is 199 Å². The van der Waals surface area contributed by atoms with Crippen LogP contribution in [0.15, 0.2) is 0 Å². The van der Waals surface area contributed by atoms with E-state index < -0.39 is 199 Å². The highest BCUT2D eigenvalue weighted by atomic mass is 19.2. The van der Waals surface area contributed by atoms with Gasteiger partial charge in [0.2, 0.25) is 110 Å². The number of hydrogen-bond acceptors (Lipinski definition) is 15. The zero-order chi connectivity index (χ0) is 54.4. The summed E-state index contributed by atoms with van der Waals surface area (Å²) >= 11 is 0. The molecule has 0 radical (unpaired) electrons. The molecule has 1 amide bonds. The molecule has 0 saturated carbocycles. The molecule has 3 aromatic carbocycles. The lowest BCUT2D eigenvalue weighted by molar-refractivity contribution is -0.138. The fraction of sp³-hybridized carbons (Fsp3) is 0.476. The summed E-state index contributed by atoms with van der Waals surface area (Å²) in [6.45, 7) is -4.24. The van der Waals surface area contributed by atoms with E-state index in [0.717, 1.165) is 0 Å². The molecule has 0 fully saturated rings. The van der Waals surface area contributed by atoms with E-state index in [1.54, 1.807) is 0 Å². The highest BCUT2D eigenvalue weighted by Crippen LogP contribution is 2.32. The van der Waals surface area contributed by atoms with Gasteiger partial charge in [-0.05, 0) is 0 Å². The first-order valence-electron chi connectivity index (χ1n) is 20.8. The molecule has 0 atom stereocenters. The third kappa shape index (κ3) is 18.3. The minimum absolute atomic E-state index is 0.0143. The molecule has 0 bridgehead atoms. The van der Waals surface area contributed by atoms with Crippen molar-refractivity contribution in [1.29, 1.82) is 0 Å². The van der Waals surface area contributed by atoms with Crippen molar-refractivity contribution in [2.75, 3.05) is 99.0 Å². The maximum Gasteiger partial charge on any atom is 0.313 e. The Hall–Kier alpha value is -5.83. The van der Waals surface area contributed by atoms with Gasteiger partial charge in [0.1, 0.15) is 5.54 Å². The SMILES string of the molecule is NCCOCCOCCOCCOCCC(=O)NC(COCCC(=O)Oc1c(F)c(F)c(F)c(F)c1F)(COCCC(=O)Oc1c(F)c(F)c(F)c(F)c1F)COCCC(=O)Oc1c(F)c(F)c(F)c(F)c1F. The van der Waals surface area contributed by atoms with E-state index in [1.165, 1.54) is 0 Å². The summed E-state index contributed by atoms with van der Waals surface area (Å²) < 4.78 is 257. The molecule has 0 aromatic heterocycles. The average molecular weight is 1080 g/mol. The molecule has 0 saturated heterocycles. The first-order valence-corrected chi connectivity index (χ1v) is 20.8. The van der Waals surface area contributed by atoms with Crippen molar-refractivity contribution in [1.82, 2.24) is 5.32 Å². The molecule has 0 aliphatic heterocycles. The van der Waals surface area contributed by atoms with Crippen molar-refractivity contribution in [2.24, 2.45) is 5.73 Å². The molecule has 408 valence electrons. The van der Waals surface area contributed by atoms with Crippen LogP contribution in [0.2, 0.25) is 0 Å². The summed E-state index contributed by atoms with van der Waals surface area (Å²) in [6, 6.07) is 0. The van der Waals surface area contributed by atoms with Crippen LogP contribution in [0.1, 0.15) is 25.7 Å². The van der Waals surface area contributed by atoms with Crippen LogP contribution < -0.4 is 25.3 Å². The van der Waals surface area contributed by atoms with Crippen molar-refractivity contribution < 1.29 is 132 Å². The van der Waals surface area contributed by atoms with Crippen LogP contribution in [0.25, 0.3) is 0 Å². The van der Waals surface area contributed by atoms with E-state index in [1.807, 2.05) is 0 Å². The molecule has 3 N–H and O–H groups in total. The van der Waals surface area contributed by atoms with E-state index >= 15 is 0 Å². The lowest BCUT2D eigenvalue weighted by atomic mass is 10.0. The molecule has 0 heterocycles. The lowest BCUT2D eigenvalue weighted by Crippen LogP contribution is -2.59. The molecule has 16 nitrogen and oxygen atoms in total. The van der Waals surface area contributed by atoms with Gasteiger partial charge in [-0.15, -0.1) is 0 Å². The van der Waals surface area contributed by atoms with Gasteiger partial charge in [-0.2, -0.15) is 26.3 Å². The van der Waals surface area contributed by atoms with E-state index in [-0.39, 0.29) is 39.6 Å². The first-order chi connectivity index (χ1) is 34.6. The Morgan fingerprint density at radius 1 is 0.329 bits per heavy atom. The summed E-state index contributed by atoms with van der Waals surface area (Å²) in [6.07, 6.45) is -3.62. The second kappa shape index (κ2) is 30.4. The Bertz CT molecular complexity index is 2080. The van der Waals surface area contributed by atoms with Crippen molar-refractivity contribution >= 4 is 23.8 Å². The van der Waals surface area contributed by atoms with E-state index in [2.05, 4.69) is 19.5 Å². The van der Waals surface area contributed by atoms with Gasteiger partial charge in [0, 0.05) is 13.0 Å². The van der Waals surface area contributed by atoms with E-state index in [9.17, 15) is 85.0 Å². The van der Waals surface area contributed by atoms with Crippen LogP contribution in [0.5, 0.6) is 17.2 Å². The predicted molar refractivity (Wildman–Crippen MR) is 210 cm³/mol. The number of rotatable bonds is 33. The average Bonchev–Trinajstić information content (AvgIpc) is 3.37.